The van der Waals surface area contributed by atoms with Crippen molar-refractivity contribution < 1.29 is 4.39 Å². The first-order chi connectivity index (χ1) is 7.04. The Morgan fingerprint density at radius 1 is 1.53 bits per heavy atom. The second-order valence-electron chi connectivity index (χ2n) is 3.80. The van der Waals surface area contributed by atoms with Crippen LogP contribution in [0.4, 0.5) is 10.2 Å². The molecule has 1 N–H and O–H groups in total. The topological polar surface area (TPSA) is 24.9 Å². The highest BCUT2D eigenvalue weighted by Gasteiger charge is 2.12. The molecular weight excluding hydrogens is 259 g/mol. The van der Waals surface area contributed by atoms with Gasteiger partial charge in [0.2, 0.25) is 0 Å². The lowest BCUT2D eigenvalue weighted by atomic mass is 10.0. The third-order valence-corrected chi connectivity index (χ3v) is 3.10. The number of nitrogens with zero attached hydrogens (tertiary/aromatic N) is 1. The number of pyridine rings is 1. The van der Waals surface area contributed by atoms with Crippen LogP contribution >= 0.6 is 15.9 Å². The predicted molar refractivity (Wildman–Crippen MR) is 64.4 cm³/mol. The molecule has 0 aliphatic heterocycles. The van der Waals surface area contributed by atoms with Crippen LogP contribution in [0.1, 0.15) is 27.2 Å². The second-order valence-corrected chi connectivity index (χ2v) is 4.72. The van der Waals surface area contributed by atoms with Crippen molar-refractivity contribution in [2.45, 2.75) is 33.2 Å². The molecule has 84 valence electrons. The lowest BCUT2D eigenvalue weighted by molar-refractivity contribution is 0.490. The lowest BCUT2D eigenvalue weighted by Crippen LogP contribution is -2.24. The van der Waals surface area contributed by atoms with Crippen molar-refractivity contribution in [1.29, 1.82) is 0 Å². The summed E-state index contributed by atoms with van der Waals surface area (Å²) in [4.78, 5) is 4.00. The Hall–Kier alpha value is -0.640. The number of hydrogen-bond acceptors (Lipinski definition) is 2. The molecule has 1 heterocycles. The Balaban J connectivity index is 2.72. The molecule has 0 radical (unpaired) electrons. The quantitative estimate of drug-likeness (QED) is 0.903. The van der Waals surface area contributed by atoms with Gasteiger partial charge in [0.15, 0.2) is 11.6 Å². The van der Waals surface area contributed by atoms with Crippen LogP contribution in [-0.4, -0.2) is 11.0 Å². The van der Waals surface area contributed by atoms with E-state index in [-0.39, 0.29) is 11.9 Å². The molecule has 0 bridgehead atoms. The molecule has 4 heteroatoms. The second kappa shape index (κ2) is 5.45. The van der Waals surface area contributed by atoms with Gasteiger partial charge in [0.05, 0.1) is 0 Å². The van der Waals surface area contributed by atoms with E-state index in [4.69, 9.17) is 0 Å². The van der Waals surface area contributed by atoms with Crippen LogP contribution in [0.5, 0.6) is 0 Å². The van der Waals surface area contributed by atoms with Crippen LogP contribution in [0, 0.1) is 11.7 Å². The molecule has 0 saturated carbocycles. The lowest BCUT2D eigenvalue weighted by Gasteiger charge is -2.20. The van der Waals surface area contributed by atoms with Crippen molar-refractivity contribution in [3.63, 3.8) is 0 Å². The predicted octanol–water partition coefficient (Wildman–Crippen LogP) is 3.83. The molecule has 1 aromatic rings. The van der Waals surface area contributed by atoms with Gasteiger partial charge in [-0.25, -0.2) is 9.37 Å². The highest BCUT2D eigenvalue weighted by Crippen LogP contribution is 2.19. The highest BCUT2D eigenvalue weighted by molar-refractivity contribution is 9.10. The standard InChI is InChI=1S/C11H16BrFN2/c1-4-7(2)8(3)15-11-10(13)5-9(12)6-14-11/h5-8H,4H2,1-3H3,(H,14,15). The van der Waals surface area contributed by atoms with Crippen LogP contribution in [0.2, 0.25) is 0 Å². The summed E-state index contributed by atoms with van der Waals surface area (Å²) in [6.07, 6.45) is 2.65. The first-order valence-corrected chi connectivity index (χ1v) is 5.91. The zero-order chi connectivity index (χ0) is 11.4. The minimum atomic E-state index is -0.320. The van der Waals surface area contributed by atoms with Crippen LogP contribution in [0.25, 0.3) is 0 Å². The maximum Gasteiger partial charge on any atom is 0.166 e. The van der Waals surface area contributed by atoms with E-state index in [2.05, 4.69) is 40.1 Å². The van der Waals surface area contributed by atoms with E-state index in [1.165, 1.54) is 6.07 Å². The van der Waals surface area contributed by atoms with Gasteiger partial charge in [-0.1, -0.05) is 20.3 Å². The van der Waals surface area contributed by atoms with E-state index in [0.717, 1.165) is 6.42 Å². The van der Waals surface area contributed by atoms with Crippen molar-refractivity contribution in [2.75, 3.05) is 5.32 Å². The maximum atomic E-state index is 13.4. The fourth-order valence-corrected chi connectivity index (χ4v) is 1.54. The molecule has 0 aliphatic carbocycles. The van der Waals surface area contributed by atoms with Crippen molar-refractivity contribution in [2.24, 2.45) is 5.92 Å². The van der Waals surface area contributed by atoms with Crippen molar-refractivity contribution >= 4 is 21.7 Å². The maximum absolute atomic E-state index is 13.4. The van der Waals surface area contributed by atoms with Gasteiger partial charge in [0, 0.05) is 16.7 Å². The van der Waals surface area contributed by atoms with Gasteiger partial charge in [-0.2, -0.15) is 0 Å². The normalized spacial score (nSPS) is 14.7. The van der Waals surface area contributed by atoms with Crippen LogP contribution in [-0.2, 0) is 0 Å². The summed E-state index contributed by atoms with van der Waals surface area (Å²) < 4.78 is 14.1. The molecule has 1 rings (SSSR count). The summed E-state index contributed by atoms with van der Waals surface area (Å²) in [5.41, 5.74) is 0. The molecular formula is C11H16BrFN2. The van der Waals surface area contributed by atoms with E-state index in [1.807, 2.05) is 6.92 Å². The summed E-state index contributed by atoms with van der Waals surface area (Å²) >= 11 is 3.17. The van der Waals surface area contributed by atoms with Gasteiger partial charge in [0.1, 0.15) is 0 Å². The largest absolute Gasteiger partial charge is 0.365 e. The average molecular weight is 275 g/mol. The molecule has 0 fully saturated rings. The van der Waals surface area contributed by atoms with Gasteiger partial charge < -0.3 is 5.32 Å². The van der Waals surface area contributed by atoms with Crippen LogP contribution in [0.15, 0.2) is 16.7 Å². The third-order valence-electron chi connectivity index (χ3n) is 2.67. The first kappa shape index (κ1) is 12.4. The number of halogens is 2. The van der Waals surface area contributed by atoms with E-state index in [1.54, 1.807) is 6.20 Å². The van der Waals surface area contributed by atoms with Crippen molar-refractivity contribution in [3.05, 3.63) is 22.6 Å². The average Bonchev–Trinajstić information content (AvgIpc) is 2.20. The Bertz CT molecular complexity index is 330. The third kappa shape index (κ3) is 3.45. The molecule has 1 aromatic heterocycles. The number of aromatic nitrogens is 1. The monoisotopic (exact) mass is 274 g/mol. The Kier molecular flexibility index (Phi) is 4.51. The van der Waals surface area contributed by atoms with Gasteiger partial charge >= 0.3 is 0 Å². The van der Waals surface area contributed by atoms with Crippen LogP contribution in [0.3, 0.4) is 0 Å². The fourth-order valence-electron chi connectivity index (χ4n) is 1.23. The Morgan fingerprint density at radius 2 is 2.20 bits per heavy atom. The highest BCUT2D eigenvalue weighted by atomic mass is 79.9. The van der Waals surface area contributed by atoms with E-state index >= 15 is 0 Å². The Morgan fingerprint density at radius 3 is 2.73 bits per heavy atom. The molecule has 2 nitrogen and oxygen atoms in total. The Labute approximate surface area is 98.4 Å². The van der Waals surface area contributed by atoms with Crippen molar-refractivity contribution in [3.8, 4) is 0 Å². The van der Waals surface area contributed by atoms with Gasteiger partial charge in [-0.05, 0) is 34.8 Å². The minimum absolute atomic E-state index is 0.221. The molecule has 0 aromatic carbocycles. The molecule has 0 spiro atoms. The number of anilines is 1. The van der Waals surface area contributed by atoms with E-state index < -0.39 is 0 Å². The molecule has 2 atom stereocenters. The molecule has 0 saturated heterocycles. The zero-order valence-electron chi connectivity index (χ0n) is 9.22. The number of nitrogens with one attached hydrogen (secondary N) is 1. The summed E-state index contributed by atoms with van der Waals surface area (Å²) in [6, 6.07) is 1.64. The number of hydrogen-bond donors (Lipinski definition) is 1. The molecule has 15 heavy (non-hydrogen) atoms. The minimum Gasteiger partial charge on any atom is -0.365 e. The van der Waals surface area contributed by atoms with Crippen LogP contribution < -0.4 is 5.32 Å². The van der Waals surface area contributed by atoms with E-state index in [9.17, 15) is 4.39 Å². The SMILES string of the molecule is CCC(C)C(C)Nc1ncc(Br)cc1F. The summed E-state index contributed by atoms with van der Waals surface area (Å²) in [6.45, 7) is 6.29. The molecule has 0 amide bonds. The van der Waals surface area contributed by atoms with E-state index in [0.29, 0.717) is 16.2 Å². The summed E-state index contributed by atoms with van der Waals surface area (Å²) in [5, 5.41) is 3.08. The first-order valence-electron chi connectivity index (χ1n) is 5.12. The van der Waals surface area contributed by atoms with Gasteiger partial charge in [0.25, 0.3) is 0 Å². The molecule has 0 aliphatic rings. The summed E-state index contributed by atoms with van der Waals surface area (Å²) in [7, 11) is 0. The van der Waals surface area contributed by atoms with Crippen molar-refractivity contribution in [1.82, 2.24) is 4.98 Å². The smallest absolute Gasteiger partial charge is 0.166 e. The van der Waals surface area contributed by atoms with Gasteiger partial charge in [-0.3, -0.25) is 0 Å². The summed E-state index contributed by atoms with van der Waals surface area (Å²) in [5.74, 6) is 0.500. The molecule has 2 unspecified atom stereocenters. The fraction of sp³-hybridized carbons (Fsp3) is 0.545. The van der Waals surface area contributed by atoms with Gasteiger partial charge in [-0.15, -0.1) is 0 Å². The number of rotatable bonds is 4. The zero-order valence-corrected chi connectivity index (χ0v) is 10.8.